The highest BCUT2D eigenvalue weighted by Gasteiger charge is 2.33. The van der Waals surface area contributed by atoms with Crippen molar-refractivity contribution in [1.82, 2.24) is 9.88 Å². The molecule has 1 aliphatic rings. The van der Waals surface area contributed by atoms with Gasteiger partial charge in [0.1, 0.15) is 0 Å². The van der Waals surface area contributed by atoms with E-state index in [4.69, 9.17) is 0 Å². The maximum absolute atomic E-state index is 3.76. The van der Waals surface area contributed by atoms with Crippen molar-refractivity contribution in [3.8, 4) is 0 Å². The van der Waals surface area contributed by atoms with E-state index in [-0.39, 0.29) is 0 Å². The van der Waals surface area contributed by atoms with Gasteiger partial charge in [0.2, 0.25) is 0 Å². The first-order valence-electron chi connectivity index (χ1n) is 6.77. The minimum atomic E-state index is 0.470. The molecule has 0 aliphatic heterocycles. The van der Waals surface area contributed by atoms with E-state index in [1.165, 1.54) is 36.2 Å². The molecule has 2 rings (SSSR count). The van der Waals surface area contributed by atoms with Crippen molar-refractivity contribution in [2.45, 2.75) is 59.5 Å². The molecule has 0 bridgehead atoms. The van der Waals surface area contributed by atoms with Crippen LogP contribution in [0.2, 0.25) is 0 Å². The van der Waals surface area contributed by atoms with Crippen molar-refractivity contribution in [2.24, 2.45) is 12.5 Å². The number of hydrogen-bond donors (Lipinski definition) is 1. The van der Waals surface area contributed by atoms with E-state index in [1.54, 1.807) is 0 Å². The Bertz CT molecular complexity index is 401. The number of hydrogen-bond acceptors (Lipinski definition) is 1. The molecule has 1 aliphatic carbocycles. The Balaban J connectivity index is 2.00. The number of aryl methyl sites for hydroxylation is 1. The van der Waals surface area contributed by atoms with Crippen molar-refractivity contribution in [1.29, 1.82) is 0 Å². The van der Waals surface area contributed by atoms with Gasteiger partial charge in [0, 0.05) is 31.0 Å². The highest BCUT2D eigenvalue weighted by Crippen LogP contribution is 2.37. The lowest BCUT2D eigenvalue weighted by molar-refractivity contribution is 0.282. The average Bonchev–Trinajstić information content (AvgIpc) is 2.71. The van der Waals surface area contributed by atoms with Gasteiger partial charge in [-0.05, 0) is 43.7 Å². The summed E-state index contributed by atoms with van der Waals surface area (Å²) in [6.07, 6.45) is 4.06. The standard InChI is InChI=1S/C15H26N2/c1-11-9-13(12(2)17(11)5)10-16-14-7-6-8-15(14,3)4/h9,14,16H,6-8,10H2,1-5H3. The van der Waals surface area contributed by atoms with E-state index in [9.17, 15) is 0 Å². The van der Waals surface area contributed by atoms with Crippen LogP contribution < -0.4 is 5.32 Å². The highest BCUT2D eigenvalue weighted by molar-refractivity contribution is 5.26. The molecule has 0 saturated heterocycles. The van der Waals surface area contributed by atoms with Gasteiger partial charge in [0.15, 0.2) is 0 Å². The smallest absolute Gasteiger partial charge is 0.0226 e. The second-order valence-electron chi connectivity index (χ2n) is 6.27. The van der Waals surface area contributed by atoms with Gasteiger partial charge in [0.25, 0.3) is 0 Å². The van der Waals surface area contributed by atoms with Gasteiger partial charge in [-0.2, -0.15) is 0 Å². The van der Waals surface area contributed by atoms with Crippen LogP contribution in [0, 0.1) is 19.3 Å². The minimum absolute atomic E-state index is 0.470. The molecule has 2 heteroatoms. The van der Waals surface area contributed by atoms with Gasteiger partial charge in [-0.3, -0.25) is 0 Å². The Kier molecular flexibility index (Phi) is 3.35. The summed E-state index contributed by atoms with van der Waals surface area (Å²) in [5.41, 5.74) is 4.67. The molecule has 0 aromatic carbocycles. The van der Waals surface area contributed by atoms with Gasteiger partial charge in [0.05, 0.1) is 0 Å². The summed E-state index contributed by atoms with van der Waals surface area (Å²) in [7, 11) is 2.15. The summed E-state index contributed by atoms with van der Waals surface area (Å²) in [6.45, 7) is 10.2. The molecule has 1 atom stereocenters. The Labute approximate surface area is 105 Å². The predicted molar refractivity (Wildman–Crippen MR) is 73.1 cm³/mol. The summed E-state index contributed by atoms with van der Waals surface area (Å²) < 4.78 is 2.27. The molecule has 0 amide bonds. The molecule has 1 N–H and O–H groups in total. The molecule has 1 unspecified atom stereocenters. The molecule has 2 nitrogen and oxygen atoms in total. The first-order chi connectivity index (χ1) is 7.92. The molecule has 1 fully saturated rings. The van der Waals surface area contributed by atoms with Crippen LogP contribution in [0.3, 0.4) is 0 Å². The van der Waals surface area contributed by atoms with E-state index in [2.05, 4.69) is 50.7 Å². The Hall–Kier alpha value is -0.760. The molecule has 1 aromatic rings. The lowest BCUT2D eigenvalue weighted by atomic mass is 9.87. The van der Waals surface area contributed by atoms with Crippen LogP contribution in [0.15, 0.2) is 6.07 Å². The Morgan fingerprint density at radius 3 is 2.59 bits per heavy atom. The lowest BCUT2D eigenvalue weighted by Gasteiger charge is -2.28. The monoisotopic (exact) mass is 234 g/mol. The van der Waals surface area contributed by atoms with Crippen molar-refractivity contribution in [3.05, 3.63) is 23.0 Å². The normalized spacial score (nSPS) is 23.2. The maximum atomic E-state index is 3.76. The fourth-order valence-corrected chi connectivity index (χ4v) is 3.05. The molecular weight excluding hydrogens is 208 g/mol. The zero-order chi connectivity index (χ0) is 12.6. The maximum Gasteiger partial charge on any atom is 0.0226 e. The first-order valence-corrected chi connectivity index (χ1v) is 6.77. The van der Waals surface area contributed by atoms with Crippen molar-refractivity contribution < 1.29 is 0 Å². The van der Waals surface area contributed by atoms with Gasteiger partial charge in [-0.25, -0.2) is 0 Å². The second kappa shape index (κ2) is 4.49. The average molecular weight is 234 g/mol. The van der Waals surface area contributed by atoms with Crippen LogP contribution in [0.5, 0.6) is 0 Å². The van der Waals surface area contributed by atoms with Gasteiger partial charge in [-0.1, -0.05) is 20.3 Å². The first kappa shape index (κ1) is 12.7. The zero-order valence-electron chi connectivity index (χ0n) is 11.9. The third-order valence-electron chi connectivity index (χ3n) is 4.68. The quantitative estimate of drug-likeness (QED) is 0.849. The van der Waals surface area contributed by atoms with E-state index in [0.717, 1.165) is 6.54 Å². The second-order valence-corrected chi connectivity index (χ2v) is 6.27. The van der Waals surface area contributed by atoms with E-state index >= 15 is 0 Å². The third-order valence-corrected chi connectivity index (χ3v) is 4.68. The molecule has 1 saturated carbocycles. The van der Waals surface area contributed by atoms with Crippen molar-refractivity contribution in [3.63, 3.8) is 0 Å². The summed E-state index contributed by atoms with van der Waals surface area (Å²) in [5, 5.41) is 3.76. The van der Waals surface area contributed by atoms with Gasteiger partial charge in [-0.15, -0.1) is 0 Å². The minimum Gasteiger partial charge on any atom is -0.352 e. The zero-order valence-corrected chi connectivity index (χ0v) is 11.9. The number of aromatic nitrogens is 1. The molecule has 17 heavy (non-hydrogen) atoms. The fraction of sp³-hybridized carbons (Fsp3) is 0.733. The number of rotatable bonds is 3. The highest BCUT2D eigenvalue weighted by atomic mass is 15.0. The van der Waals surface area contributed by atoms with E-state index < -0.39 is 0 Å². The van der Waals surface area contributed by atoms with Crippen LogP contribution in [-0.4, -0.2) is 10.6 Å². The van der Waals surface area contributed by atoms with Gasteiger partial charge < -0.3 is 9.88 Å². The molecule has 96 valence electrons. The molecule has 1 aromatic heterocycles. The number of nitrogens with zero attached hydrogens (tertiary/aromatic N) is 1. The largest absolute Gasteiger partial charge is 0.352 e. The molecule has 0 spiro atoms. The summed E-state index contributed by atoms with van der Waals surface area (Å²) in [6, 6.07) is 2.99. The predicted octanol–water partition coefficient (Wildman–Crippen LogP) is 3.31. The van der Waals surface area contributed by atoms with Crippen LogP contribution in [0.4, 0.5) is 0 Å². The number of nitrogens with one attached hydrogen (secondary N) is 1. The lowest BCUT2D eigenvalue weighted by Crippen LogP contribution is -2.37. The molecule has 1 heterocycles. The summed E-state index contributed by atoms with van der Waals surface area (Å²) in [4.78, 5) is 0. The van der Waals surface area contributed by atoms with Crippen LogP contribution in [0.25, 0.3) is 0 Å². The third kappa shape index (κ3) is 2.42. The summed E-state index contributed by atoms with van der Waals surface area (Å²) >= 11 is 0. The van der Waals surface area contributed by atoms with Gasteiger partial charge >= 0.3 is 0 Å². The van der Waals surface area contributed by atoms with Crippen LogP contribution >= 0.6 is 0 Å². The van der Waals surface area contributed by atoms with Crippen LogP contribution in [0.1, 0.15) is 50.1 Å². The van der Waals surface area contributed by atoms with Crippen LogP contribution in [-0.2, 0) is 13.6 Å². The Morgan fingerprint density at radius 2 is 2.12 bits per heavy atom. The van der Waals surface area contributed by atoms with E-state index in [0.29, 0.717) is 11.5 Å². The Morgan fingerprint density at radius 1 is 1.41 bits per heavy atom. The SMILES string of the molecule is Cc1cc(CNC2CCCC2(C)C)c(C)n1C. The fourth-order valence-electron chi connectivity index (χ4n) is 3.05. The summed E-state index contributed by atoms with van der Waals surface area (Å²) in [5.74, 6) is 0. The van der Waals surface area contributed by atoms with E-state index in [1.807, 2.05) is 0 Å². The molecular formula is C15H26N2. The van der Waals surface area contributed by atoms with Crippen molar-refractivity contribution in [2.75, 3.05) is 0 Å². The van der Waals surface area contributed by atoms with Crippen molar-refractivity contribution >= 4 is 0 Å². The molecule has 0 radical (unpaired) electrons. The topological polar surface area (TPSA) is 17.0 Å².